The van der Waals surface area contributed by atoms with E-state index in [1.165, 1.54) is 12.8 Å². The van der Waals surface area contributed by atoms with Gasteiger partial charge in [-0.15, -0.1) is 0 Å². The van der Waals surface area contributed by atoms with Gasteiger partial charge in [0.25, 0.3) is 0 Å². The first-order valence-corrected chi connectivity index (χ1v) is 13.7. The Kier molecular flexibility index (Phi) is 6.10. The third-order valence-electron chi connectivity index (χ3n) is 6.94. The van der Waals surface area contributed by atoms with Gasteiger partial charge in [-0.05, 0) is 76.4 Å². The zero-order chi connectivity index (χ0) is 19.0. The first kappa shape index (κ1) is 20.9. The fourth-order valence-electron chi connectivity index (χ4n) is 5.42. The number of hydrogen-bond donors (Lipinski definition) is 0. The lowest BCUT2D eigenvalue weighted by Gasteiger charge is -2.42. The highest BCUT2D eigenvalue weighted by Crippen LogP contribution is 2.56. The molecule has 0 aromatic rings. The van der Waals surface area contributed by atoms with Crippen LogP contribution in [-0.4, -0.2) is 19.7 Å². The highest BCUT2D eigenvalue weighted by atomic mass is 28.4. The van der Waals surface area contributed by atoms with Gasteiger partial charge in [-0.3, -0.25) is 4.79 Å². The lowest BCUT2D eigenvalue weighted by Crippen LogP contribution is -2.42. The molecule has 0 unspecified atom stereocenters. The second-order valence-corrected chi connectivity index (χ2v) is 14.8. The molecule has 0 saturated heterocycles. The third-order valence-corrected chi connectivity index (χ3v) is 8.08. The normalized spacial score (nSPS) is 33.5. The molecule has 0 radical (unpaired) electrons. The van der Waals surface area contributed by atoms with Crippen molar-refractivity contribution in [3.8, 4) is 0 Å². The van der Waals surface area contributed by atoms with Crippen LogP contribution >= 0.6 is 0 Å². The van der Waals surface area contributed by atoms with E-state index in [-0.39, 0.29) is 11.0 Å². The summed E-state index contributed by atoms with van der Waals surface area (Å²) in [5.74, 6) is 2.42. The van der Waals surface area contributed by atoms with Gasteiger partial charge in [0.2, 0.25) is 0 Å². The second kappa shape index (κ2) is 7.30. The molecule has 0 N–H and O–H groups in total. The molecule has 144 valence electrons. The summed E-state index contributed by atoms with van der Waals surface area (Å²) in [5.41, 5.74) is 0.107. The minimum atomic E-state index is -1.55. The topological polar surface area (TPSA) is 26.3 Å². The van der Waals surface area contributed by atoms with E-state index in [1.807, 2.05) is 0 Å². The summed E-state index contributed by atoms with van der Waals surface area (Å²) in [5, 5.41) is 0. The van der Waals surface area contributed by atoms with Crippen molar-refractivity contribution in [3.05, 3.63) is 12.2 Å². The highest BCUT2D eigenvalue weighted by Gasteiger charge is 2.52. The molecule has 0 aromatic carbocycles. The molecule has 2 rings (SSSR count). The Labute approximate surface area is 156 Å². The minimum Gasteiger partial charge on any atom is -0.412 e. The van der Waals surface area contributed by atoms with Crippen molar-refractivity contribution in [3.63, 3.8) is 0 Å². The van der Waals surface area contributed by atoms with E-state index in [0.717, 1.165) is 19.3 Å². The van der Waals surface area contributed by atoms with Gasteiger partial charge in [-0.2, -0.15) is 0 Å². The number of carbonyl (C=O) groups excluding carboxylic acids is 1. The van der Waals surface area contributed by atoms with Crippen LogP contribution in [0.25, 0.3) is 0 Å². The maximum Gasteiger partial charge on any atom is 0.184 e. The van der Waals surface area contributed by atoms with Crippen molar-refractivity contribution in [2.24, 2.45) is 29.1 Å². The van der Waals surface area contributed by atoms with Gasteiger partial charge in [-0.1, -0.05) is 32.9 Å². The number of ketones is 1. The molecular formula is C22H40O2Si. The van der Waals surface area contributed by atoms with Gasteiger partial charge < -0.3 is 4.43 Å². The Bertz CT molecular complexity index is 517. The number of fused-ring (bicyclic) bond motifs is 1. The molecule has 0 amide bonds. The van der Waals surface area contributed by atoms with Gasteiger partial charge in [0, 0.05) is 18.3 Å². The summed E-state index contributed by atoms with van der Waals surface area (Å²) in [6, 6.07) is 0. The molecule has 5 atom stereocenters. The van der Waals surface area contributed by atoms with E-state index < -0.39 is 8.32 Å². The van der Waals surface area contributed by atoms with Crippen molar-refractivity contribution in [1.29, 1.82) is 0 Å². The SMILES string of the molecule is C[C@@H](C=C[C@H](C)C(C)(C)O[Si](C)(C)C)[C@H]1CC[C@H]2C(=O)CCC[C@]12C. The molecule has 2 aliphatic rings. The monoisotopic (exact) mass is 364 g/mol. The Morgan fingerprint density at radius 2 is 1.84 bits per heavy atom. The first-order chi connectivity index (χ1) is 11.4. The van der Waals surface area contributed by atoms with Crippen LogP contribution in [0.1, 0.15) is 66.7 Å². The van der Waals surface area contributed by atoms with E-state index in [9.17, 15) is 4.79 Å². The molecule has 2 aliphatic carbocycles. The van der Waals surface area contributed by atoms with Crippen molar-refractivity contribution >= 4 is 14.1 Å². The number of Topliss-reactive ketones (excluding diaryl/α,β-unsaturated/α-hetero) is 1. The molecule has 25 heavy (non-hydrogen) atoms. The van der Waals surface area contributed by atoms with Crippen LogP contribution in [0.15, 0.2) is 12.2 Å². The molecule has 2 nitrogen and oxygen atoms in total. The highest BCUT2D eigenvalue weighted by molar-refractivity contribution is 6.69. The average Bonchev–Trinajstić information content (AvgIpc) is 2.80. The summed E-state index contributed by atoms with van der Waals surface area (Å²) >= 11 is 0. The molecule has 0 aromatic heterocycles. The van der Waals surface area contributed by atoms with Crippen molar-refractivity contribution in [2.75, 3.05) is 0 Å². The smallest absolute Gasteiger partial charge is 0.184 e. The number of rotatable bonds is 6. The maximum absolute atomic E-state index is 12.3. The van der Waals surface area contributed by atoms with E-state index in [4.69, 9.17) is 4.43 Å². The van der Waals surface area contributed by atoms with Crippen LogP contribution in [0.4, 0.5) is 0 Å². The summed E-state index contributed by atoms with van der Waals surface area (Å²) in [7, 11) is -1.55. The van der Waals surface area contributed by atoms with Crippen LogP contribution in [0.2, 0.25) is 19.6 Å². The third kappa shape index (κ3) is 4.66. The zero-order valence-electron chi connectivity index (χ0n) is 17.8. The van der Waals surface area contributed by atoms with Gasteiger partial charge in [-0.25, -0.2) is 0 Å². The Hall–Kier alpha value is -0.413. The largest absolute Gasteiger partial charge is 0.412 e. The van der Waals surface area contributed by atoms with E-state index in [2.05, 4.69) is 66.4 Å². The Balaban J connectivity index is 2.05. The molecule has 0 aliphatic heterocycles. The van der Waals surface area contributed by atoms with Crippen LogP contribution in [0.5, 0.6) is 0 Å². The molecule has 2 fully saturated rings. The molecule has 0 heterocycles. The van der Waals surface area contributed by atoms with E-state index in [1.54, 1.807) is 0 Å². The predicted molar refractivity (Wildman–Crippen MR) is 109 cm³/mol. The van der Waals surface area contributed by atoms with Crippen molar-refractivity contribution in [2.45, 2.75) is 92.0 Å². The molecule has 0 spiro atoms. The van der Waals surface area contributed by atoms with Crippen molar-refractivity contribution in [1.82, 2.24) is 0 Å². The molecular weight excluding hydrogens is 324 g/mol. The first-order valence-electron chi connectivity index (χ1n) is 10.3. The van der Waals surface area contributed by atoms with Crippen LogP contribution < -0.4 is 0 Å². The lowest BCUT2D eigenvalue weighted by molar-refractivity contribution is -0.129. The summed E-state index contributed by atoms with van der Waals surface area (Å²) in [6.45, 7) is 18.2. The quantitative estimate of drug-likeness (QED) is 0.412. The van der Waals surface area contributed by atoms with Crippen LogP contribution in [0.3, 0.4) is 0 Å². The average molecular weight is 365 g/mol. The van der Waals surface area contributed by atoms with E-state index in [0.29, 0.717) is 29.5 Å². The minimum absolute atomic E-state index is 0.121. The zero-order valence-corrected chi connectivity index (χ0v) is 18.8. The van der Waals surface area contributed by atoms with Gasteiger partial charge in [0.05, 0.1) is 5.60 Å². The predicted octanol–water partition coefficient (Wildman–Crippen LogP) is 6.23. The van der Waals surface area contributed by atoms with Crippen LogP contribution in [0, 0.1) is 29.1 Å². The van der Waals surface area contributed by atoms with Crippen LogP contribution in [-0.2, 0) is 9.22 Å². The second-order valence-electron chi connectivity index (χ2n) is 10.4. The number of allylic oxidation sites excluding steroid dienone is 1. The lowest BCUT2D eigenvalue weighted by atomic mass is 9.62. The van der Waals surface area contributed by atoms with E-state index >= 15 is 0 Å². The van der Waals surface area contributed by atoms with Gasteiger partial charge in [0.15, 0.2) is 8.32 Å². The summed E-state index contributed by atoms with van der Waals surface area (Å²) in [4.78, 5) is 12.3. The Morgan fingerprint density at radius 3 is 2.44 bits per heavy atom. The number of hydrogen-bond acceptors (Lipinski definition) is 2. The molecule has 2 saturated carbocycles. The van der Waals surface area contributed by atoms with Gasteiger partial charge >= 0.3 is 0 Å². The van der Waals surface area contributed by atoms with Gasteiger partial charge in [0.1, 0.15) is 5.78 Å². The summed E-state index contributed by atoms with van der Waals surface area (Å²) in [6.07, 6.45) is 10.2. The standard InChI is InChI=1S/C22H40O2Si/c1-16(11-12-17(2)21(3,4)24-25(6,7)8)18-13-14-19-20(23)10-9-15-22(18,19)5/h11-12,16-19H,9-10,13-15H2,1-8H3/t16-,17-,18+,19-,22+/m0/s1. The molecule has 0 bridgehead atoms. The van der Waals surface area contributed by atoms with Crippen molar-refractivity contribution < 1.29 is 9.22 Å². The summed E-state index contributed by atoms with van der Waals surface area (Å²) < 4.78 is 6.41. The fraction of sp³-hybridized carbons (Fsp3) is 0.864. The Morgan fingerprint density at radius 1 is 1.20 bits per heavy atom. The fourth-order valence-corrected chi connectivity index (χ4v) is 7.19. The maximum atomic E-state index is 12.3. The number of carbonyl (C=O) groups is 1. The molecule has 3 heteroatoms.